The number of amides is 1. The number of non-ortho nitro benzene ring substituents is 1. The predicted octanol–water partition coefficient (Wildman–Crippen LogP) is 3.06. The van der Waals surface area contributed by atoms with Gasteiger partial charge in [-0.25, -0.2) is 0 Å². The van der Waals surface area contributed by atoms with Gasteiger partial charge in [0.1, 0.15) is 17.4 Å². The SMILES string of the molecule is COc1ccccc1N/C=C(/C#N)C(=O)Nc1cccc([N+](=O)[O-])c1. The Hall–Kier alpha value is -3.86. The van der Waals surface area contributed by atoms with Crippen LogP contribution in [0.25, 0.3) is 0 Å². The van der Waals surface area contributed by atoms with E-state index in [1.165, 1.54) is 37.6 Å². The molecule has 0 saturated carbocycles. The number of nitro benzene ring substituents is 1. The number of carbonyl (C=O) groups excluding carboxylic acids is 1. The van der Waals surface area contributed by atoms with Crippen molar-refractivity contribution >= 4 is 23.0 Å². The molecule has 0 spiro atoms. The summed E-state index contributed by atoms with van der Waals surface area (Å²) < 4.78 is 5.16. The predicted molar refractivity (Wildman–Crippen MR) is 92.0 cm³/mol. The van der Waals surface area contributed by atoms with Gasteiger partial charge in [-0.3, -0.25) is 14.9 Å². The van der Waals surface area contributed by atoms with Crippen molar-refractivity contribution in [2.75, 3.05) is 17.7 Å². The Labute approximate surface area is 143 Å². The highest BCUT2D eigenvalue weighted by Crippen LogP contribution is 2.23. The van der Waals surface area contributed by atoms with E-state index in [9.17, 15) is 14.9 Å². The number of nitrogens with one attached hydrogen (secondary N) is 2. The minimum absolute atomic E-state index is 0.160. The second-order valence-corrected chi connectivity index (χ2v) is 4.78. The van der Waals surface area contributed by atoms with Gasteiger partial charge >= 0.3 is 0 Å². The normalized spacial score (nSPS) is 10.5. The van der Waals surface area contributed by atoms with Crippen LogP contribution in [0.2, 0.25) is 0 Å². The maximum Gasteiger partial charge on any atom is 0.271 e. The lowest BCUT2D eigenvalue weighted by Crippen LogP contribution is -2.14. The third-order valence-corrected chi connectivity index (χ3v) is 3.16. The molecule has 2 aromatic rings. The van der Waals surface area contributed by atoms with E-state index in [0.717, 1.165) is 0 Å². The summed E-state index contributed by atoms with van der Waals surface area (Å²) in [5.41, 5.74) is 0.448. The standard InChI is InChI=1S/C17H14N4O4/c1-25-16-8-3-2-7-15(16)19-11-12(10-18)17(22)20-13-5-4-6-14(9-13)21(23)24/h2-9,11,19H,1H3,(H,20,22)/b12-11-. The van der Waals surface area contributed by atoms with E-state index in [4.69, 9.17) is 10.00 Å². The van der Waals surface area contributed by atoms with Gasteiger partial charge in [-0.05, 0) is 18.2 Å². The zero-order chi connectivity index (χ0) is 18.2. The Balaban J connectivity index is 2.14. The van der Waals surface area contributed by atoms with Crippen molar-refractivity contribution in [3.8, 4) is 11.8 Å². The van der Waals surface area contributed by atoms with Crippen molar-refractivity contribution in [2.45, 2.75) is 0 Å². The number of methoxy groups -OCH3 is 1. The van der Waals surface area contributed by atoms with Crippen LogP contribution in [0.3, 0.4) is 0 Å². The number of carbonyl (C=O) groups is 1. The van der Waals surface area contributed by atoms with Crippen LogP contribution in [0.4, 0.5) is 17.1 Å². The van der Waals surface area contributed by atoms with E-state index >= 15 is 0 Å². The van der Waals surface area contributed by atoms with E-state index in [-0.39, 0.29) is 16.9 Å². The number of nitriles is 1. The van der Waals surface area contributed by atoms with Gasteiger partial charge in [-0.1, -0.05) is 18.2 Å². The minimum Gasteiger partial charge on any atom is -0.495 e. The fourth-order valence-corrected chi connectivity index (χ4v) is 1.96. The molecule has 8 nitrogen and oxygen atoms in total. The molecule has 0 saturated heterocycles. The monoisotopic (exact) mass is 338 g/mol. The van der Waals surface area contributed by atoms with Gasteiger partial charge in [0.15, 0.2) is 0 Å². The lowest BCUT2D eigenvalue weighted by molar-refractivity contribution is -0.384. The Bertz CT molecular complexity index is 871. The van der Waals surface area contributed by atoms with Crippen molar-refractivity contribution in [3.63, 3.8) is 0 Å². The average Bonchev–Trinajstić information content (AvgIpc) is 2.62. The zero-order valence-electron chi connectivity index (χ0n) is 13.2. The number of hydrogen-bond donors (Lipinski definition) is 2. The highest BCUT2D eigenvalue weighted by atomic mass is 16.6. The van der Waals surface area contributed by atoms with E-state index < -0.39 is 10.8 Å². The number of nitro groups is 1. The lowest BCUT2D eigenvalue weighted by atomic mass is 10.2. The maximum atomic E-state index is 12.2. The van der Waals surface area contributed by atoms with Crippen LogP contribution >= 0.6 is 0 Å². The number of nitrogens with zero attached hydrogens (tertiary/aromatic N) is 2. The topological polar surface area (TPSA) is 117 Å². The number of anilines is 2. The van der Waals surface area contributed by atoms with Crippen LogP contribution in [0.5, 0.6) is 5.75 Å². The van der Waals surface area contributed by atoms with Gasteiger partial charge in [-0.2, -0.15) is 5.26 Å². The van der Waals surface area contributed by atoms with Crippen LogP contribution < -0.4 is 15.4 Å². The Morgan fingerprint density at radius 1 is 1.28 bits per heavy atom. The zero-order valence-corrected chi connectivity index (χ0v) is 13.2. The molecule has 1 amide bonds. The number of rotatable bonds is 6. The molecule has 0 aliphatic heterocycles. The molecule has 0 aliphatic carbocycles. The molecule has 0 fully saturated rings. The molecule has 126 valence electrons. The molecular formula is C17H14N4O4. The van der Waals surface area contributed by atoms with Crippen molar-refractivity contribution in [1.29, 1.82) is 5.26 Å². The fourth-order valence-electron chi connectivity index (χ4n) is 1.96. The first-order valence-corrected chi connectivity index (χ1v) is 7.10. The molecular weight excluding hydrogens is 324 g/mol. The molecule has 2 N–H and O–H groups in total. The molecule has 0 bridgehead atoms. The molecule has 0 unspecified atom stereocenters. The summed E-state index contributed by atoms with van der Waals surface area (Å²) >= 11 is 0. The van der Waals surface area contributed by atoms with Crippen molar-refractivity contribution < 1.29 is 14.5 Å². The largest absolute Gasteiger partial charge is 0.495 e. The minimum atomic E-state index is -0.689. The number of para-hydroxylation sites is 2. The van der Waals surface area contributed by atoms with Crippen LogP contribution in [-0.4, -0.2) is 17.9 Å². The van der Waals surface area contributed by atoms with Crippen molar-refractivity contribution in [3.05, 3.63) is 70.4 Å². The smallest absolute Gasteiger partial charge is 0.271 e. The van der Waals surface area contributed by atoms with Crippen LogP contribution in [0, 0.1) is 21.4 Å². The number of benzene rings is 2. The van der Waals surface area contributed by atoms with Gasteiger partial charge < -0.3 is 15.4 Å². The molecule has 2 rings (SSSR count). The Morgan fingerprint density at radius 2 is 2.04 bits per heavy atom. The second-order valence-electron chi connectivity index (χ2n) is 4.78. The summed E-state index contributed by atoms with van der Waals surface area (Å²) in [5, 5.41) is 25.2. The summed E-state index contributed by atoms with van der Waals surface area (Å²) in [7, 11) is 1.50. The highest BCUT2D eigenvalue weighted by Gasteiger charge is 2.12. The first-order valence-electron chi connectivity index (χ1n) is 7.10. The molecule has 8 heteroatoms. The van der Waals surface area contributed by atoms with Crippen molar-refractivity contribution in [2.24, 2.45) is 0 Å². The molecule has 0 aromatic heterocycles. The van der Waals surface area contributed by atoms with Crippen LogP contribution in [0.1, 0.15) is 0 Å². The van der Waals surface area contributed by atoms with E-state index in [0.29, 0.717) is 11.4 Å². The Kier molecular flexibility index (Phi) is 5.68. The second kappa shape index (κ2) is 8.12. The van der Waals surface area contributed by atoms with E-state index in [1.54, 1.807) is 30.3 Å². The number of ether oxygens (including phenoxy) is 1. The summed E-state index contributed by atoms with van der Waals surface area (Å²) in [6, 6.07) is 14.2. The first-order chi connectivity index (χ1) is 12.0. The van der Waals surface area contributed by atoms with Gasteiger partial charge in [0.2, 0.25) is 0 Å². The summed E-state index contributed by atoms with van der Waals surface area (Å²) in [6.07, 6.45) is 1.24. The van der Waals surface area contributed by atoms with E-state index in [2.05, 4.69) is 10.6 Å². The van der Waals surface area contributed by atoms with Crippen molar-refractivity contribution in [1.82, 2.24) is 0 Å². The molecule has 25 heavy (non-hydrogen) atoms. The number of hydrogen-bond acceptors (Lipinski definition) is 6. The fraction of sp³-hybridized carbons (Fsp3) is 0.0588. The molecule has 0 aliphatic rings. The summed E-state index contributed by atoms with van der Waals surface area (Å²) in [5.74, 6) is -0.138. The summed E-state index contributed by atoms with van der Waals surface area (Å²) in [6.45, 7) is 0. The highest BCUT2D eigenvalue weighted by molar-refractivity contribution is 6.06. The molecule has 0 radical (unpaired) electrons. The summed E-state index contributed by atoms with van der Waals surface area (Å²) in [4.78, 5) is 22.3. The van der Waals surface area contributed by atoms with Gasteiger partial charge in [-0.15, -0.1) is 0 Å². The van der Waals surface area contributed by atoms with Crippen LogP contribution in [0.15, 0.2) is 60.3 Å². The Morgan fingerprint density at radius 3 is 2.72 bits per heavy atom. The van der Waals surface area contributed by atoms with Gasteiger partial charge in [0, 0.05) is 24.0 Å². The first kappa shape index (κ1) is 17.5. The third-order valence-electron chi connectivity index (χ3n) is 3.16. The van der Waals surface area contributed by atoms with Gasteiger partial charge in [0.25, 0.3) is 11.6 Å². The lowest BCUT2D eigenvalue weighted by Gasteiger charge is -2.08. The van der Waals surface area contributed by atoms with Gasteiger partial charge in [0.05, 0.1) is 17.7 Å². The quantitative estimate of drug-likeness (QED) is 0.362. The average molecular weight is 338 g/mol. The van der Waals surface area contributed by atoms with E-state index in [1.807, 2.05) is 0 Å². The third kappa shape index (κ3) is 4.56. The maximum absolute atomic E-state index is 12.2. The van der Waals surface area contributed by atoms with Crippen LogP contribution in [-0.2, 0) is 4.79 Å². The molecule has 0 heterocycles. The molecule has 2 aromatic carbocycles. The molecule has 0 atom stereocenters.